The molecule has 0 aliphatic carbocycles. The average molecular weight is 529 g/mol. The van der Waals surface area contributed by atoms with Crippen molar-refractivity contribution in [3.63, 3.8) is 0 Å². The van der Waals surface area contributed by atoms with Crippen LogP contribution in [0.15, 0.2) is 59.4 Å². The van der Waals surface area contributed by atoms with Crippen LogP contribution in [0.1, 0.15) is 30.0 Å². The van der Waals surface area contributed by atoms with Gasteiger partial charge in [-0.2, -0.15) is 0 Å². The van der Waals surface area contributed by atoms with Gasteiger partial charge in [0, 0.05) is 16.5 Å². The highest BCUT2D eigenvalue weighted by atomic mass is 16.6. The summed E-state index contributed by atoms with van der Waals surface area (Å²) in [6.45, 7) is 1.48. The minimum Gasteiger partial charge on any atom is -0.497 e. The summed E-state index contributed by atoms with van der Waals surface area (Å²) in [5.74, 6) is 0.197. The Morgan fingerprint density at radius 3 is 2.56 bits per heavy atom. The van der Waals surface area contributed by atoms with Crippen molar-refractivity contribution >= 4 is 22.8 Å². The molecule has 0 fully saturated rings. The van der Waals surface area contributed by atoms with Crippen molar-refractivity contribution in [3.8, 4) is 28.6 Å². The number of cyclic esters (lactones) is 1. The smallest absolute Gasteiger partial charge is 0.349 e. The number of rotatable bonds is 6. The lowest BCUT2D eigenvalue weighted by Crippen LogP contribution is -2.44. The van der Waals surface area contributed by atoms with Crippen LogP contribution in [0, 0.1) is 0 Å². The summed E-state index contributed by atoms with van der Waals surface area (Å²) >= 11 is 0. The molecule has 0 unspecified atom stereocenters. The number of methoxy groups -OCH3 is 1. The number of aliphatic hydroxyl groups is 1. The Bertz CT molecular complexity index is 1710. The lowest BCUT2D eigenvalue weighted by Gasteiger charge is -2.31. The van der Waals surface area contributed by atoms with E-state index in [0.717, 1.165) is 10.9 Å². The molecule has 0 amide bonds. The van der Waals surface area contributed by atoms with Crippen molar-refractivity contribution in [1.82, 2.24) is 9.55 Å². The van der Waals surface area contributed by atoms with Gasteiger partial charge in [0.1, 0.15) is 23.9 Å². The maximum atomic E-state index is 13.3. The number of esters is 2. The van der Waals surface area contributed by atoms with Gasteiger partial charge in [-0.25, -0.2) is 14.6 Å². The van der Waals surface area contributed by atoms with E-state index in [1.54, 1.807) is 67.1 Å². The van der Waals surface area contributed by atoms with E-state index >= 15 is 0 Å². The third-order valence-corrected chi connectivity index (χ3v) is 7.13. The molecule has 39 heavy (non-hydrogen) atoms. The largest absolute Gasteiger partial charge is 0.497 e. The Hall–Kier alpha value is -4.70. The molecule has 0 spiro atoms. The molecule has 0 bridgehead atoms. The van der Waals surface area contributed by atoms with Crippen LogP contribution in [0.3, 0.4) is 0 Å². The van der Waals surface area contributed by atoms with E-state index in [0.29, 0.717) is 34.2 Å². The molecule has 198 valence electrons. The van der Waals surface area contributed by atoms with Crippen LogP contribution in [0.25, 0.3) is 22.3 Å². The third-order valence-electron chi connectivity index (χ3n) is 7.13. The van der Waals surface area contributed by atoms with Crippen molar-refractivity contribution in [3.05, 3.63) is 81.6 Å². The first-order valence-electron chi connectivity index (χ1n) is 12.4. The second kappa shape index (κ2) is 9.25. The van der Waals surface area contributed by atoms with Crippen molar-refractivity contribution < 1.29 is 33.6 Å². The normalized spacial score (nSPS) is 17.2. The van der Waals surface area contributed by atoms with E-state index in [4.69, 9.17) is 23.9 Å². The molecule has 10 nitrogen and oxygen atoms in total. The molecule has 2 aliphatic heterocycles. The van der Waals surface area contributed by atoms with Crippen LogP contribution in [0.2, 0.25) is 0 Å². The van der Waals surface area contributed by atoms with Crippen molar-refractivity contribution in [2.24, 2.45) is 0 Å². The highest BCUT2D eigenvalue weighted by Crippen LogP contribution is 2.38. The Balaban J connectivity index is 1.26. The Labute approximate surface area is 222 Å². The van der Waals surface area contributed by atoms with E-state index in [9.17, 15) is 19.5 Å². The number of benzene rings is 2. The minimum absolute atomic E-state index is 0.0758. The summed E-state index contributed by atoms with van der Waals surface area (Å²) < 4.78 is 22.7. The molecule has 0 radical (unpaired) electrons. The zero-order valence-corrected chi connectivity index (χ0v) is 21.2. The average Bonchev–Trinajstić information content (AvgIpc) is 3.31. The minimum atomic E-state index is -1.88. The topological polar surface area (TPSA) is 126 Å². The molecule has 6 rings (SSSR count). The van der Waals surface area contributed by atoms with Gasteiger partial charge in [0.15, 0.2) is 12.2 Å². The van der Waals surface area contributed by atoms with Gasteiger partial charge in [-0.1, -0.05) is 6.92 Å². The molecule has 0 saturated heterocycles. The molecule has 4 aromatic rings. The van der Waals surface area contributed by atoms with Gasteiger partial charge >= 0.3 is 11.9 Å². The fourth-order valence-electron chi connectivity index (χ4n) is 5.00. The van der Waals surface area contributed by atoms with Gasteiger partial charge in [-0.3, -0.25) is 4.79 Å². The number of carbonyl (C=O) groups is 2. The molecule has 2 aromatic carbocycles. The SMILES string of the molecule is CC[C@@]1(O)C(=O)OCc2c1cc1n(c2=O)Cc2cc3cc(OC(=O)COc4ccc(OC)cc4)ccc3nc2-1. The van der Waals surface area contributed by atoms with Gasteiger partial charge < -0.3 is 28.6 Å². The number of fused-ring (bicyclic) bond motifs is 5. The summed E-state index contributed by atoms with van der Waals surface area (Å²) in [5.41, 5.74) is 0.888. The van der Waals surface area contributed by atoms with E-state index in [2.05, 4.69) is 0 Å². The first-order chi connectivity index (χ1) is 18.8. The number of hydrogen-bond donors (Lipinski definition) is 1. The molecular weight excluding hydrogens is 504 g/mol. The second-order valence-corrected chi connectivity index (χ2v) is 9.39. The van der Waals surface area contributed by atoms with E-state index in [-0.39, 0.29) is 42.9 Å². The number of aromatic nitrogens is 2. The van der Waals surface area contributed by atoms with Crippen LogP contribution in [0.4, 0.5) is 0 Å². The van der Waals surface area contributed by atoms with Crippen molar-refractivity contribution in [2.45, 2.75) is 32.1 Å². The maximum absolute atomic E-state index is 13.3. The van der Waals surface area contributed by atoms with Crippen LogP contribution >= 0.6 is 0 Å². The van der Waals surface area contributed by atoms with Gasteiger partial charge in [-0.15, -0.1) is 0 Å². The summed E-state index contributed by atoms with van der Waals surface area (Å²) in [5, 5.41) is 11.7. The molecule has 1 N–H and O–H groups in total. The number of pyridine rings is 2. The fraction of sp³-hybridized carbons (Fsp3) is 0.241. The lowest BCUT2D eigenvalue weighted by molar-refractivity contribution is -0.172. The number of carbonyl (C=O) groups excluding carboxylic acids is 2. The number of hydrogen-bond acceptors (Lipinski definition) is 9. The predicted octanol–water partition coefficient (Wildman–Crippen LogP) is 3.07. The van der Waals surface area contributed by atoms with Crippen LogP contribution in [-0.2, 0) is 33.1 Å². The monoisotopic (exact) mass is 528 g/mol. The first-order valence-corrected chi connectivity index (χ1v) is 12.4. The Kier molecular flexibility index (Phi) is 5.84. The quantitative estimate of drug-likeness (QED) is 0.261. The molecule has 4 heterocycles. The van der Waals surface area contributed by atoms with E-state index < -0.39 is 17.5 Å². The van der Waals surface area contributed by atoms with Crippen molar-refractivity contribution in [2.75, 3.05) is 13.7 Å². The van der Waals surface area contributed by atoms with Crippen molar-refractivity contribution in [1.29, 1.82) is 0 Å². The summed E-state index contributed by atoms with van der Waals surface area (Å²) in [7, 11) is 1.57. The third kappa shape index (κ3) is 4.09. The Morgan fingerprint density at radius 1 is 1.08 bits per heavy atom. The van der Waals surface area contributed by atoms with Crippen LogP contribution in [0.5, 0.6) is 17.2 Å². The van der Waals surface area contributed by atoms with Gasteiger partial charge in [-0.05, 0) is 61.0 Å². The molecular formula is C29H24N2O8. The summed E-state index contributed by atoms with van der Waals surface area (Å²) in [4.78, 5) is 42.8. The molecule has 0 saturated carbocycles. The summed E-state index contributed by atoms with van der Waals surface area (Å²) in [6.07, 6.45) is 0.0758. The highest BCUT2D eigenvalue weighted by molar-refractivity contribution is 5.87. The number of nitrogens with zero attached hydrogens (tertiary/aromatic N) is 2. The Morgan fingerprint density at radius 2 is 1.82 bits per heavy atom. The van der Waals surface area contributed by atoms with E-state index in [1.807, 2.05) is 6.07 Å². The molecule has 10 heteroatoms. The molecule has 1 atom stereocenters. The summed E-state index contributed by atoms with van der Waals surface area (Å²) in [6, 6.07) is 15.5. The van der Waals surface area contributed by atoms with Gasteiger partial charge in [0.2, 0.25) is 0 Å². The zero-order chi connectivity index (χ0) is 27.3. The molecule has 2 aromatic heterocycles. The molecule has 2 aliphatic rings. The fourth-order valence-corrected chi connectivity index (χ4v) is 5.00. The van der Waals surface area contributed by atoms with Gasteiger partial charge in [0.25, 0.3) is 5.56 Å². The zero-order valence-electron chi connectivity index (χ0n) is 21.2. The number of ether oxygens (including phenoxy) is 4. The highest BCUT2D eigenvalue weighted by Gasteiger charge is 2.45. The van der Waals surface area contributed by atoms with Gasteiger partial charge in [0.05, 0.1) is 36.1 Å². The lowest BCUT2D eigenvalue weighted by atomic mass is 9.86. The first kappa shape index (κ1) is 24.6. The predicted molar refractivity (Wildman–Crippen MR) is 139 cm³/mol. The standard InChI is InChI=1S/C29H24N2O8/c1-3-29(35)22-12-24-26-17(13-31(24)27(33)21(22)14-38-28(29)34)10-16-11-20(8-9-23(16)30-26)39-25(32)15-37-19-6-4-18(36-2)5-7-19/h4-12,35H,3,13-15H2,1-2H3/t29-/m0/s1. The van der Waals surface area contributed by atoms with E-state index in [1.165, 1.54) is 0 Å². The van der Waals surface area contributed by atoms with Crippen LogP contribution in [-0.4, -0.2) is 40.3 Å². The maximum Gasteiger partial charge on any atom is 0.349 e. The second-order valence-electron chi connectivity index (χ2n) is 9.39. The van der Waals surface area contributed by atoms with Crippen LogP contribution < -0.4 is 19.8 Å².